The van der Waals surface area contributed by atoms with Crippen LogP contribution in [0, 0.1) is 0 Å². The lowest BCUT2D eigenvalue weighted by Crippen LogP contribution is -2.30. The van der Waals surface area contributed by atoms with Crippen molar-refractivity contribution in [1.29, 1.82) is 0 Å². The Morgan fingerprint density at radius 3 is 2.85 bits per heavy atom. The second-order valence-corrected chi connectivity index (χ2v) is 5.33. The third kappa shape index (κ3) is 2.91. The van der Waals surface area contributed by atoms with Gasteiger partial charge in [0.1, 0.15) is 13.1 Å². The summed E-state index contributed by atoms with van der Waals surface area (Å²) in [4.78, 5) is 16.4. The Labute approximate surface area is 146 Å². The van der Waals surface area contributed by atoms with Gasteiger partial charge in [0.05, 0.1) is 0 Å². The molecule has 1 N–H and O–H groups in total. The molecule has 0 saturated carbocycles. The van der Waals surface area contributed by atoms with E-state index in [-0.39, 0.29) is 30.0 Å². The van der Waals surface area contributed by atoms with Crippen molar-refractivity contribution >= 4 is 11.7 Å². The first kappa shape index (κ1) is 15.9. The summed E-state index contributed by atoms with van der Waals surface area (Å²) < 4.78 is 12.8. The lowest BCUT2D eigenvalue weighted by Gasteiger charge is -2.01. The molecule has 0 radical (unpaired) electrons. The Kier molecular flexibility index (Phi) is 4.11. The van der Waals surface area contributed by atoms with Crippen molar-refractivity contribution in [3.05, 3.63) is 52.7 Å². The lowest BCUT2D eigenvalue weighted by atomic mass is 10.2. The first-order valence-corrected chi connectivity index (χ1v) is 7.67. The van der Waals surface area contributed by atoms with Crippen molar-refractivity contribution < 1.29 is 9.15 Å². The number of rotatable bonds is 6. The van der Waals surface area contributed by atoms with Crippen molar-refractivity contribution in [3.63, 3.8) is 0 Å². The van der Waals surface area contributed by atoms with Crippen LogP contribution < -0.4 is 11.0 Å². The van der Waals surface area contributed by atoms with Crippen LogP contribution in [0.15, 0.2) is 45.9 Å². The minimum absolute atomic E-state index is 0.0105. The SMILES string of the molecule is COCn1nnc2c(-c3nnc(NCc4ccccc4)o3)ncn2c1=O. The number of imidazole rings is 1. The second-order valence-electron chi connectivity index (χ2n) is 5.33. The maximum atomic E-state index is 12.3. The number of hydrogen-bond donors (Lipinski definition) is 1. The van der Waals surface area contributed by atoms with Gasteiger partial charge in [0, 0.05) is 13.7 Å². The van der Waals surface area contributed by atoms with Gasteiger partial charge in [-0.3, -0.25) is 0 Å². The Morgan fingerprint density at radius 1 is 1.19 bits per heavy atom. The number of anilines is 1. The molecule has 11 heteroatoms. The molecule has 132 valence electrons. The van der Waals surface area contributed by atoms with Crippen LogP contribution in [-0.4, -0.2) is 41.7 Å². The summed E-state index contributed by atoms with van der Waals surface area (Å²) in [5.41, 5.74) is 1.14. The van der Waals surface area contributed by atoms with Crippen LogP contribution in [0.3, 0.4) is 0 Å². The van der Waals surface area contributed by atoms with Crippen molar-refractivity contribution in [3.8, 4) is 11.6 Å². The highest BCUT2D eigenvalue weighted by atomic mass is 16.5. The number of benzene rings is 1. The number of hydrogen-bond acceptors (Lipinski definition) is 9. The minimum atomic E-state index is -0.433. The quantitative estimate of drug-likeness (QED) is 0.528. The van der Waals surface area contributed by atoms with Crippen molar-refractivity contribution in [2.45, 2.75) is 13.3 Å². The summed E-state index contributed by atoms with van der Waals surface area (Å²) >= 11 is 0. The maximum absolute atomic E-state index is 12.3. The molecule has 0 aliphatic heterocycles. The van der Waals surface area contributed by atoms with E-state index in [1.807, 2.05) is 30.3 Å². The van der Waals surface area contributed by atoms with Gasteiger partial charge >= 0.3 is 11.7 Å². The molecule has 0 saturated heterocycles. The van der Waals surface area contributed by atoms with E-state index in [4.69, 9.17) is 9.15 Å². The third-order valence-corrected chi connectivity index (χ3v) is 3.58. The normalized spacial score (nSPS) is 11.1. The molecule has 0 amide bonds. The summed E-state index contributed by atoms with van der Waals surface area (Å²) in [7, 11) is 1.46. The van der Waals surface area contributed by atoms with Crippen LogP contribution in [0.2, 0.25) is 0 Å². The van der Waals surface area contributed by atoms with Gasteiger partial charge in [-0.15, -0.1) is 10.2 Å². The topological polar surface area (TPSA) is 125 Å². The van der Waals surface area contributed by atoms with Crippen LogP contribution in [0.25, 0.3) is 17.2 Å². The average molecular weight is 354 g/mol. The Bertz CT molecular complexity index is 1090. The van der Waals surface area contributed by atoms with Gasteiger partial charge in [-0.2, -0.15) is 4.68 Å². The zero-order valence-corrected chi connectivity index (χ0v) is 13.7. The number of nitrogens with zero attached hydrogens (tertiary/aromatic N) is 7. The smallest absolute Gasteiger partial charge is 0.355 e. The molecule has 0 bridgehead atoms. The van der Waals surface area contributed by atoms with Crippen LogP contribution >= 0.6 is 0 Å². The highest BCUT2D eigenvalue weighted by molar-refractivity contribution is 5.66. The van der Waals surface area contributed by atoms with Gasteiger partial charge in [0.25, 0.3) is 5.89 Å². The van der Waals surface area contributed by atoms with Gasteiger partial charge < -0.3 is 14.5 Å². The fourth-order valence-electron chi connectivity index (χ4n) is 2.35. The van der Waals surface area contributed by atoms with Crippen LogP contribution in [0.1, 0.15) is 5.56 Å². The first-order valence-electron chi connectivity index (χ1n) is 7.67. The molecule has 11 nitrogen and oxygen atoms in total. The van der Waals surface area contributed by atoms with Gasteiger partial charge in [-0.1, -0.05) is 40.6 Å². The van der Waals surface area contributed by atoms with E-state index in [1.54, 1.807) is 0 Å². The van der Waals surface area contributed by atoms with Crippen LogP contribution in [0.5, 0.6) is 0 Å². The van der Waals surface area contributed by atoms with E-state index in [2.05, 4.69) is 30.8 Å². The Morgan fingerprint density at radius 2 is 2.04 bits per heavy atom. The fourth-order valence-corrected chi connectivity index (χ4v) is 2.35. The van der Waals surface area contributed by atoms with E-state index in [1.165, 1.54) is 17.8 Å². The largest absolute Gasteiger partial charge is 0.402 e. The maximum Gasteiger partial charge on any atom is 0.355 e. The Hall–Kier alpha value is -3.60. The molecule has 1 aromatic carbocycles. The average Bonchev–Trinajstić information content (AvgIpc) is 3.30. The molecule has 4 aromatic rings. The molecule has 3 heterocycles. The number of methoxy groups -OCH3 is 1. The van der Waals surface area contributed by atoms with Crippen molar-refractivity contribution in [1.82, 2.24) is 34.6 Å². The molecule has 0 aliphatic carbocycles. The van der Waals surface area contributed by atoms with Gasteiger partial charge in [-0.05, 0) is 5.56 Å². The van der Waals surface area contributed by atoms with Crippen LogP contribution in [0.4, 0.5) is 6.01 Å². The molecule has 0 fully saturated rings. The summed E-state index contributed by atoms with van der Waals surface area (Å²) in [5, 5.41) is 18.7. The number of nitrogens with one attached hydrogen (secondary N) is 1. The second kappa shape index (κ2) is 6.72. The predicted molar refractivity (Wildman–Crippen MR) is 89.1 cm³/mol. The van der Waals surface area contributed by atoms with Gasteiger partial charge in [0.2, 0.25) is 0 Å². The molecular formula is C15H14N8O3. The third-order valence-electron chi connectivity index (χ3n) is 3.58. The van der Waals surface area contributed by atoms with Gasteiger partial charge in [-0.25, -0.2) is 14.2 Å². The molecule has 4 rings (SSSR count). The summed E-state index contributed by atoms with van der Waals surface area (Å²) in [6, 6.07) is 10.0. The van der Waals surface area contributed by atoms with E-state index in [9.17, 15) is 4.79 Å². The van der Waals surface area contributed by atoms with E-state index in [0.717, 1.165) is 10.2 Å². The first-order chi connectivity index (χ1) is 12.8. The number of ether oxygens (including phenoxy) is 1. The van der Waals surface area contributed by atoms with Gasteiger partial charge in [0.15, 0.2) is 11.3 Å². The molecule has 3 aromatic heterocycles. The minimum Gasteiger partial charge on any atom is -0.402 e. The highest BCUT2D eigenvalue weighted by Crippen LogP contribution is 2.21. The molecule has 0 aliphatic rings. The van der Waals surface area contributed by atoms with E-state index < -0.39 is 5.69 Å². The molecule has 0 unspecified atom stereocenters. The molecule has 0 atom stereocenters. The standard InChI is InChI=1S/C15H14N8O3/c1-25-9-23-15(24)22-8-17-11(12(22)18-21-23)13-19-20-14(26-13)16-7-10-5-3-2-4-6-10/h2-6,8H,7,9H2,1H3,(H,16,20). The molecule has 0 spiro atoms. The van der Waals surface area contributed by atoms with Crippen LogP contribution in [-0.2, 0) is 18.0 Å². The Balaban J connectivity index is 1.59. The number of aromatic nitrogens is 7. The summed E-state index contributed by atoms with van der Waals surface area (Å²) in [5.74, 6) is 0.140. The van der Waals surface area contributed by atoms with E-state index >= 15 is 0 Å². The summed E-state index contributed by atoms with van der Waals surface area (Å²) in [6.45, 7) is 0.525. The monoisotopic (exact) mass is 354 g/mol. The number of fused-ring (bicyclic) bond motifs is 1. The zero-order chi connectivity index (χ0) is 17.9. The molecular weight excluding hydrogens is 340 g/mol. The van der Waals surface area contributed by atoms with E-state index in [0.29, 0.717) is 6.54 Å². The highest BCUT2D eigenvalue weighted by Gasteiger charge is 2.18. The van der Waals surface area contributed by atoms with Crippen molar-refractivity contribution in [2.24, 2.45) is 0 Å². The van der Waals surface area contributed by atoms with Crippen molar-refractivity contribution in [2.75, 3.05) is 12.4 Å². The fraction of sp³-hybridized carbons (Fsp3) is 0.200. The summed E-state index contributed by atoms with van der Waals surface area (Å²) in [6.07, 6.45) is 1.33. The molecule has 26 heavy (non-hydrogen) atoms. The predicted octanol–water partition coefficient (Wildman–Crippen LogP) is 0.552. The lowest BCUT2D eigenvalue weighted by molar-refractivity contribution is 0.111. The zero-order valence-electron chi connectivity index (χ0n) is 13.7.